The van der Waals surface area contributed by atoms with E-state index in [4.69, 9.17) is 4.74 Å². The molecular weight excluding hydrogens is 419 g/mol. The first kappa shape index (κ1) is 22.8. The van der Waals surface area contributed by atoms with Gasteiger partial charge in [-0.2, -0.15) is 13.2 Å². The number of nitrogens with one attached hydrogen (secondary N) is 1. The fourth-order valence-corrected chi connectivity index (χ4v) is 2.79. The molecule has 0 aliphatic rings. The smallest absolute Gasteiger partial charge is 0.416 e. The van der Waals surface area contributed by atoms with Crippen LogP contribution in [0.1, 0.15) is 45.2 Å². The summed E-state index contributed by atoms with van der Waals surface area (Å²) in [6.07, 6.45) is -2.98. The Morgan fingerprint density at radius 2 is 1.72 bits per heavy atom. The Morgan fingerprint density at radius 1 is 1.03 bits per heavy atom. The van der Waals surface area contributed by atoms with Crippen LogP contribution in [0.25, 0.3) is 0 Å². The number of esters is 1. The topological polar surface area (TPSA) is 64.1 Å². The summed E-state index contributed by atoms with van der Waals surface area (Å²) in [5.74, 6) is 5.94. The second kappa shape index (κ2) is 9.96. The van der Waals surface area contributed by atoms with E-state index in [1.165, 1.54) is 18.5 Å². The summed E-state index contributed by atoms with van der Waals surface area (Å²) in [5.41, 5.74) is 2.29. The average molecular weight is 439 g/mol. The minimum absolute atomic E-state index is 0.311. The van der Waals surface area contributed by atoms with Crippen LogP contribution < -0.4 is 5.32 Å². The van der Waals surface area contributed by atoms with E-state index in [2.05, 4.69) is 27.1 Å². The van der Waals surface area contributed by atoms with Crippen molar-refractivity contribution in [3.63, 3.8) is 0 Å². The van der Waals surface area contributed by atoms with Crippen LogP contribution in [0.2, 0.25) is 0 Å². The number of nitrogens with zero attached hydrogens (tertiary/aromatic N) is 2. The number of hydrogen-bond acceptors (Lipinski definition) is 5. The molecular formula is C24H20F3N3O2. The maximum absolute atomic E-state index is 12.7. The van der Waals surface area contributed by atoms with Crippen molar-refractivity contribution in [2.24, 2.45) is 0 Å². The van der Waals surface area contributed by atoms with Gasteiger partial charge in [0, 0.05) is 12.1 Å². The van der Waals surface area contributed by atoms with Gasteiger partial charge in [0.2, 0.25) is 0 Å². The number of carbonyl (C=O) groups is 1. The van der Waals surface area contributed by atoms with Crippen molar-refractivity contribution >= 4 is 11.8 Å². The van der Waals surface area contributed by atoms with Crippen LogP contribution in [0.4, 0.5) is 19.0 Å². The Balaban J connectivity index is 1.74. The van der Waals surface area contributed by atoms with E-state index < -0.39 is 11.7 Å². The fourth-order valence-electron chi connectivity index (χ4n) is 2.79. The van der Waals surface area contributed by atoms with Crippen molar-refractivity contribution in [1.29, 1.82) is 0 Å². The zero-order valence-electron chi connectivity index (χ0n) is 17.5. The summed E-state index contributed by atoms with van der Waals surface area (Å²) >= 11 is 0. The van der Waals surface area contributed by atoms with E-state index in [1.807, 2.05) is 0 Å². The molecule has 1 aromatic heterocycles. The van der Waals surface area contributed by atoms with Gasteiger partial charge in [-0.25, -0.2) is 14.8 Å². The zero-order valence-corrected chi connectivity index (χ0v) is 17.5. The van der Waals surface area contributed by atoms with E-state index in [1.54, 1.807) is 38.1 Å². The Hall–Kier alpha value is -3.86. The quantitative estimate of drug-likeness (QED) is 0.448. The van der Waals surface area contributed by atoms with Crippen molar-refractivity contribution in [3.8, 4) is 11.8 Å². The number of carbonyl (C=O) groups excluding carboxylic acids is 1. The Labute approximate surface area is 183 Å². The second-order valence-electron chi connectivity index (χ2n) is 6.78. The van der Waals surface area contributed by atoms with E-state index in [0.29, 0.717) is 41.4 Å². The Kier molecular flexibility index (Phi) is 7.11. The Morgan fingerprint density at radius 3 is 2.34 bits per heavy atom. The minimum atomic E-state index is -4.39. The molecule has 0 aliphatic heterocycles. The van der Waals surface area contributed by atoms with Crippen LogP contribution >= 0.6 is 0 Å². The molecule has 0 saturated heterocycles. The fraction of sp³-hybridized carbons (Fsp3) is 0.208. The molecule has 0 saturated carbocycles. The van der Waals surface area contributed by atoms with Crippen LogP contribution in [-0.4, -0.2) is 22.5 Å². The predicted octanol–water partition coefficient (Wildman–Crippen LogP) is 4.99. The van der Waals surface area contributed by atoms with Crippen LogP contribution in [0.15, 0.2) is 54.9 Å². The highest BCUT2D eigenvalue weighted by Gasteiger charge is 2.29. The standard InChI is InChI=1S/C24H20F3N3O2/c1-3-32-23(31)19-9-4-18(5-10-19)14-28-22-21(16(2)29-15-30-22)13-8-17-6-11-20(12-7-17)24(25,26)27/h4-7,9-12,15H,3,14H2,1-2H3,(H,28,29,30). The first-order chi connectivity index (χ1) is 15.3. The predicted molar refractivity (Wildman–Crippen MR) is 114 cm³/mol. The summed E-state index contributed by atoms with van der Waals surface area (Å²) in [7, 11) is 0. The van der Waals surface area contributed by atoms with Crippen molar-refractivity contribution < 1.29 is 22.7 Å². The third kappa shape index (κ3) is 5.85. The number of hydrogen-bond donors (Lipinski definition) is 1. The van der Waals surface area contributed by atoms with Crippen molar-refractivity contribution in [3.05, 3.63) is 88.4 Å². The van der Waals surface area contributed by atoms with Gasteiger partial charge in [0.15, 0.2) is 0 Å². The minimum Gasteiger partial charge on any atom is -0.462 e. The molecule has 0 amide bonds. The molecule has 0 spiro atoms. The molecule has 1 heterocycles. The lowest BCUT2D eigenvalue weighted by molar-refractivity contribution is -0.137. The molecule has 32 heavy (non-hydrogen) atoms. The number of ether oxygens (including phenoxy) is 1. The van der Waals surface area contributed by atoms with Gasteiger partial charge in [-0.15, -0.1) is 0 Å². The van der Waals surface area contributed by atoms with Crippen molar-refractivity contribution in [1.82, 2.24) is 9.97 Å². The summed E-state index contributed by atoms with van der Waals surface area (Å²) in [4.78, 5) is 20.1. The van der Waals surface area contributed by atoms with Crippen LogP contribution in [0, 0.1) is 18.8 Å². The molecule has 5 nitrogen and oxygen atoms in total. The van der Waals surface area contributed by atoms with Gasteiger partial charge >= 0.3 is 12.1 Å². The van der Waals surface area contributed by atoms with Gasteiger partial charge in [0.05, 0.1) is 29.0 Å². The molecule has 3 rings (SSSR count). The van der Waals surface area contributed by atoms with Crippen molar-refractivity contribution in [2.75, 3.05) is 11.9 Å². The molecule has 0 radical (unpaired) electrons. The number of aryl methyl sites for hydroxylation is 1. The molecule has 1 N–H and O–H groups in total. The molecule has 0 unspecified atom stereocenters. The third-order valence-electron chi connectivity index (χ3n) is 4.51. The van der Waals surface area contributed by atoms with Gasteiger partial charge in [-0.05, 0) is 55.8 Å². The second-order valence-corrected chi connectivity index (χ2v) is 6.78. The molecule has 0 atom stereocenters. The molecule has 3 aromatic rings. The van der Waals surface area contributed by atoms with Gasteiger partial charge in [0.1, 0.15) is 12.1 Å². The van der Waals surface area contributed by atoms with Gasteiger partial charge in [-0.3, -0.25) is 0 Å². The first-order valence-electron chi connectivity index (χ1n) is 9.78. The molecule has 164 valence electrons. The third-order valence-corrected chi connectivity index (χ3v) is 4.51. The number of alkyl halides is 3. The maximum atomic E-state index is 12.7. The van der Waals surface area contributed by atoms with E-state index >= 15 is 0 Å². The molecule has 8 heteroatoms. The number of rotatable bonds is 5. The summed E-state index contributed by atoms with van der Waals surface area (Å²) < 4.78 is 43.1. The summed E-state index contributed by atoms with van der Waals surface area (Å²) in [6.45, 7) is 4.26. The normalized spacial score (nSPS) is 10.8. The highest BCUT2D eigenvalue weighted by atomic mass is 19.4. The van der Waals surface area contributed by atoms with Crippen LogP contribution in [0.3, 0.4) is 0 Å². The van der Waals surface area contributed by atoms with Crippen LogP contribution in [0.5, 0.6) is 0 Å². The molecule has 0 aliphatic carbocycles. The molecule has 0 fully saturated rings. The average Bonchev–Trinajstić information content (AvgIpc) is 2.77. The maximum Gasteiger partial charge on any atom is 0.416 e. The van der Waals surface area contributed by atoms with Crippen LogP contribution in [-0.2, 0) is 17.5 Å². The number of aromatic nitrogens is 2. The van der Waals surface area contributed by atoms with E-state index in [0.717, 1.165) is 17.7 Å². The van der Waals surface area contributed by atoms with Gasteiger partial charge < -0.3 is 10.1 Å². The first-order valence-corrected chi connectivity index (χ1v) is 9.78. The summed E-state index contributed by atoms with van der Waals surface area (Å²) in [5, 5.41) is 3.19. The van der Waals surface area contributed by atoms with Gasteiger partial charge in [-0.1, -0.05) is 24.0 Å². The van der Waals surface area contributed by atoms with E-state index in [-0.39, 0.29) is 5.97 Å². The number of anilines is 1. The lowest BCUT2D eigenvalue weighted by Crippen LogP contribution is -2.07. The number of benzene rings is 2. The number of halogens is 3. The highest BCUT2D eigenvalue weighted by Crippen LogP contribution is 2.29. The molecule has 0 bridgehead atoms. The highest BCUT2D eigenvalue weighted by molar-refractivity contribution is 5.89. The largest absolute Gasteiger partial charge is 0.462 e. The van der Waals surface area contributed by atoms with Crippen molar-refractivity contribution in [2.45, 2.75) is 26.6 Å². The SMILES string of the molecule is CCOC(=O)c1ccc(CNc2ncnc(C)c2C#Cc2ccc(C(F)(F)F)cc2)cc1. The monoisotopic (exact) mass is 439 g/mol. The molecule has 2 aromatic carbocycles. The lowest BCUT2D eigenvalue weighted by Gasteiger charge is -2.09. The zero-order chi connectivity index (χ0) is 23.1. The summed E-state index contributed by atoms with van der Waals surface area (Å²) in [6, 6.07) is 11.6. The lowest BCUT2D eigenvalue weighted by atomic mass is 10.1. The van der Waals surface area contributed by atoms with Gasteiger partial charge in [0.25, 0.3) is 0 Å². The van der Waals surface area contributed by atoms with E-state index in [9.17, 15) is 18.0 Å². The Bertz CT molecular complexity index is 1150.